The molecular formula is C16H15BrN2O2. The fourth-order valence-electron chi connectivity index (χ4n) is 1.93. The van der Waals surface area contributed by atoms with Gasteiger partial charge in [0.25, 0.3) is 0 Å². The number of nitrogens with one attached hydrogen (secondary N) is 1. The number of aliphatic hydroxyl groups excluding tert-OH is 1. The molecule has 108 valence electrons. The quantitative estimate of drug-likeness (QED) is 0.869. The van der Waals surface area contributed by atoms with E-state index in [-0.39, 0.29) is 0 Å². The van der Waals surface area contributed by atoms with Gasteiger partial charge in [0.15, 0.2) is 0 Å². The van der Waals surface area contributed by atoms with Crippen LogP contribution < -0.4 is 10.1 Å². The van der Waals surface area contributed by atoms with Gasteiger partial charge in [0.05, 0.1) is 24.5 Å². The fraction of sp³-hybridized carbons (Fsp3) is 0.188. The molecule has 0 spiro atoms. The molecule has 0 fully saturated rings. The lowest BCUT2D eigenvalue weighted by Crippen LogP contribution is -2.13. The van der Waals surface area contributed by atoms with Crippen molar-refractivity contribution in [1.82, 2.24) is 0 Å². The van der Waals surface area contributed by atoms with Gasteiger partial charge in [-0.15, -0.1) is 0 Å². The van der Waals surface area contributed by atoms with Gasteiger partial charge in [0, 0.05) is 11.0 Å². The maximum atomic E-state index is 10.2. The minimum Gasteiger partial charge on any atom is -0.497 e. The minimum absolute atomic E-state index is 0.304. The Labute approximate surface area is 132 Å². The first-order valence-electron chi connectivity index (χ1n) is 6.39. The first-order valence-corrected chi connectivity index (χ1v) is 7.19. The van der Waals surface area contributed by atoms with Gasteiger partial charge in [-0.3, -0.25) is 0 Å². The highest BCUT2D eigenvalue weighted by Crippen LogP contribution is 2.23. The molecule has 0 heterocycles. The number of rotatable bonds is 5. The van der Waals surface area contributed by atoms with Crippen LogP contribution in [0.2, 0.25) is 0 Å². The van der Waals surface area contributed by atoms with Crippen molar-refractivity contribution in [3.05, 3.63) is 58.1 Å². The lowest BCUT2D eigenvalue weighted by atomic mass is 10.1. The molecule has 0 bridgehead atoms. The van der Waals surface area contributed by atoms with Gasteiger partial charge in [0.2, 0.25) is 0 Å². The molecule has 0 aliphatic carbocycles. The SMILES string of the molecule is COc1cccc(C(O)CNc2cc(Br)ccc2C#N)c1. The molecular weight excluding hydrogens is 332 g/mol. The Morgan fingerprint density at radius 3 is 2.86 bits per heavy atom. The van der Waals surface area contributed by atoms with Crippen LogP contribution in [0, 0.1) is 11.3 Å². The zero-order valence-electron chi connectivity index (χ0n) is 11.5. The van der Waals surface area contributed by atoms with Gasteiger partial charge in [-0.2, -0.15) is 5.26 Å². The van der Waals surface area contributed by atoms with E-state index in [2.05, 4.69) is 27.3 Å². The predicted octanol–water partition coefficient (Wildman–Crippen LogP) is 3.47. The Hall–Kier alpha value is -2.03. The third-order valence-corrected chi connectivity index (χ3v) is 3.56. The number of nitrogens with zero attached hydrogens (tertiary/aromatic N) is 1. The molecule has 5 heteroatoms. The molecule has 0 aromatic heterocycles. The van der Waals surface area contributed by atoms with Crippen LogP contribution in [0.4, 0.5) is 5.69 Å². The zero-order chi connectivity index (χ0) is 15.2. The molecule has 0 saturated carbocycles. The predicted molar refractivity (Wildman–Crippen MR) is 85.3 cm³/mol. The number of hydrogen-bond donors (Lipinski definition) is 2. The van der Waals surface area contributed by atoms with E-state index in [1.165, 1.54) is 0 Å². The van der Waals surface area contributed by atoms with E-state index in [1.807, 2.05) is 30.3 Å². The summed E-state index contributed by atoms with van der Waals surface area (Å²) in [5.74, 6) is 0.701. The lowest BCUT2D eigenvalue weighted by molar-refractivity contribution is 0.191. The Bertz CT molecular complexity index is 668. The molecule has 21 heavy (non-hydrogen) atoms. The summed E-state index contributed by atoms with van der Waals surface area (Å²) in [5.41, 5.74) is 1.99. The first-order chi connectivity index (χ1) is 10.1. The van der Waals surface area contributed by atoms with Crippen LogP contribution in [0.3, 0.4) is 0 Å². The summed E-state index contributed by atoms with van der Waals surface area (Å²) in [6.07, 6.45) is -0.689. The number of aliphatic hydroxyl groups is 1. The highest BCUT2D eigenvalue weighted by atomic mass is 79.9. The summed E-state index contributed by atoms with van der Waals surface area (Å²) in [5, 5.41) is 22.4. The monoisotopic (exact) mass is 346 g/mol. The van der Waals surface area contributed by atoms with Crippen LogP contribution in [0.15, 0.2) is 46.9 Å². The molecule has 4 nitrogen and oxygen atoms in total. The van der Waals surface area contributed by atoms with E-state index in [0.29, 0.717) is 23.5 Å². The summed E-state index contributed by atoms with van der Waals surface area (Å²) < 4.78 is 6.01. The molecule has 0 radical (unpaired) electrons. The van der Waals surface area contributed by atoms with Gasteiger partial charge in [-0.05, 0) is 35.9 Å². The van der Waals surface area contributed by atoms with Gasteiger partial charge >= 0.3 is 0 Å². The third-order valence-electron chi connectivity index (χ3n) is 3.07. The zero-order valence-corrected chi connectivity index (χ0v) is 13.1. The minimum atomic E-state index is -0.689. The number of halogens is 1. The van der Waals surface area contributed by atoms with Crippen LogP contribution in [0.5, 0.6) is 5.75 Å². The molecule has 2 rings (SSSR count). The number of methoxy groups -OCH3 is 1. The molecule has 1 atom stereocenters. The molecule has 0 saturated heterocycles. The lowest BCUT2D eigenvalue weighted by Gasteiger charge is -2.15. The van der Waals surface area contributed by atoms with E-state index in [1.54, 1.807) is 19.2 Å². The van der Waals surface area contributed by atoms with E-state index < -0.39 is 6.10 Å². The summed E-state index contributed by atoms with van der Waals surface area (Å²) in [7, 11) is 1.59. The smallest absolute Gasteiger partial charge is 0.119 e. The second-order valence-electron chi connectivity index (χ2n) is 4.48. The largest absolute Gasteiger partial charge is 0.497 e. The Morgan fingerprint density at radius 1 is 1.33 bits per heavy atom. The van der Waals surface area contributed by atoms with Crippen LogP contribution >= 0.6 is 15.9 Å². The fourth-order valence-corrected chi connectivity index (χ4v) is 2.29. The Kier molecular flexibility index (Phi) is 5.20. The molecule has 2 aromatic rings. The summed E-state index contributed by atoms with van der Waals surface area (Å²) in [6.45, 7) is 0.304. The van der Waals surface area contributed by atoms with Crippen molar-refractivity contribution in [2.45, 2.75) is 6.10 Å². The third kappa shape index (κ3) is 3.97. The Morgan fingerprint density at radius 2 is 2.14 bits per heavy atom. The van der Waals surface area contributed by atoms with E-state index in [4.69, 9.17) is 10.00 Å². The van der Waals surface area contributed by atoms with Gasteiger partial charge in [0.1, 0.15) is 11.8 Å². The van der Waals surface area contributed by atoms with Crippen molar-refractivity contribution in [2.24, 2.45) is 0 Å². The van der Waals surface area contributed by atoms with Crippen molar-refractivity contribution in [1.29, 1.82) is 5.26 Å². The summed E-state index contributed by atoms with van der Waals surface area (Å²) in [6, 6.07) is 14.8. The normalized spacial score (nSPS) is 11.5. The highest BCUT2D eigenvalue weighted by Gasteiger charge is 2.10. The van der Waals surface area contributed by atoms with Crippen molar-refractivity contribution in [2.75, 3.05) is 19.0 Å². The molecule has 0 aliphatic rings. The van der Waals surface area contributed by atoms with E-state index >= 15 is 0 Å². The van der Waals surface area contributed by atoms with Crippen LogP contribution in [-0.4, -0.2) is 18.8 Å². The molecule has 2 aromatic carbocycles. The molecule has 0 amide bonds. The maximum Gasteiger partial charge on any atom is 0.119 e. The topological polar surface area (TPSA) is 65.3 Å². The molecule has 1 unspecified atom stereocenters. The summed E-state index contributed by atoms with van der Waals surface area (Å²) in [4.78, 5) is 0. The van der Waals surface area contributed by atoms with Gasteiger partial charge in [-0.25, -0.2) is 0 Å². The van der Waals surface area contributed by atoms with Crippen molar-refractivity contribution >= 4 is 21.6 Å². The van der Waals surface area contributed by atoms with Crippen LogP contribution in [-0.2, 0) is 0 Å². The second kappa shape index (κ2) is 7.11. The number of nitriles is 1. The number of hydrogen-bond acceptors (Lipinski definition) is 4. The van der Waals surface area contributed by atoms with E-state index in [0.717, 1.165) is 10.0 Å². The Balaban J connectivity index is 2.09. The number of ether oxygens (including phenoxy) is 1. The van der Waals surface area contributed by atoms with Crippen LogP contribution in [0.25, 0.3) is 0 Å². The molecule has 2 N–H and O–H groups in total. The second-order valence-corrected chi connectivity index (χ2v) is 5.39. The van der Waals surface area contributed by atoms with Crippen molar-refractivity contribution in [3.63, 3.8) is 0 Å². The van der Waals surface area contributed by atoms with Gasteiger partial charge < -0.3 is 15.2 Å². The van der Waals surface area contributed by atoms with Gasteiger partial charge in [-0.1, -0.05) is 28.1 Å². The number of benzene rings is 2. The average Bonchev–Trinajstić information content (AvgIpc) is 2.52. The highest BCUT2D eigenvalue weighted by molar-refractivity contribution is 9.10. The summed E-state index contributed by atoms with van der Waals surface area (Å²) >= 11 is 3.37. The van der Waals surface area contributed by atoms with Crippen molar-refractivity contribution in [3.8, 4) is 11.8 Å². The molecule has 0 aliphatic heterocycles. The van der Waals surface area contributed by atoms with E-state index in [9.17, 15) is 5.11 Å². The van der Waals surface area contributed by atoms with Crippen molar-refractivity contribution < 1.29 is 9.84 Å². The van der Waals surface area contributed by atoms with Crippen LogP contribution in [0.1, 0.15) is 17.2 Å². The maximum absolute atomic E-state index is 10.2. The first kappa shape index (κ1) is 15.4. The average molecular weight is 347 g/mol. The standard InChI is InChI=1S/C16H15BrN2O2/c1-21-14-4-2-3-11(7-14)16(20)10-19-15-8-13(17)6-5-12(15)9-18/h2-8,16,19-20H,10H2,1H3. The number of anilines is 1.